The molecule has 0 saturated carbocycles. The Balaban J connectivity index is 1.96. The third-order valence-electron chi connectivity index (χ3n) is 4.44. The lowest BCUT2D eigenvalue weighted by atomic mass is 10.00. The first-order valence-corrected chi connectivity index (χ1v) is 11.1. The van der Waals surface area contributed by atoms with E-state index in [1.165, 1.54) is 24.5 Å². The fraction of sp³-hybridized carbons (Fsp3) is 0.0500. The maximum atomic E-state index is 13.7. The van der Waals surface area contributed by atoms with Crippen LogP contribution < -0.4 is 5.73 Å². The lowest BCUT2D eigenvalue weighted by Crippen LogP contribution is -1.99. The smallest absolute Gasteiger partial charge is 0.175 e. The second-order valence-corrected chi connectivity index (χ2v) is 9.31. The molecule has 9 heteroatoms. The summed E-state index contributed by atoms with van der Waals surface area (Å²) in [6, 6.07) is 12.9. The van der Waals surface area contributed by atoms with Gasteiger partial charge in [-0.05, 0) is 57.4 Å². The summed E-state index contributed by atoms with van der Waals surface area (Å²) in [6.07, 6.45) is 2.48. The quantitative estimate of drug-likeness (QED) is 0.478. The highest BCUT2D eigenvalue weighted by Crippen LogP contribution is 2.35. The summed E-state index contributed by atoms with van der Waals surface area (Å²) >= 11 is 3.21. The van der Waals surface area contributed by atoms with Crippen LogP contribution in [0, 0.1) is 5.82 Å². The van der Waals surface area contributed by atoms with Crippen LogP contribution in [0.3, 0.4) is 0 Å². The molecule has 2 heterocycles. The van der Waals surface area contributed by atoms with Gasteiger partial charge in [-0.15, -0.1) is 0 Å². The van der Waals surface area contributed by atoms with Gasteiger partial charge in [-0.1, -0.05) is 18.2 Å². The second kappa shape index (κ2) is 7.16. The highest BCUT2D eigenvalue weighted by molar-refractivity contribution is 9.10. The van der Waals surface area contributed by atoms with Gasteiger partial charge in [-0.3, -0.25) is 0 Å². The standard InChI is InChI=1S/C20H14BrFN4O2S/c1-29(27,28)13-5-2-11(3-6-13)17-9-14(12-4-7-16(22)15(21)8-12)18-19(23)24-10-25-20(18)26-17/h2-10H,1H3,(H2,23,24,25,26). The van der Waals surface area contributed by atoms with Gasteiger partial charge in [0.15, 0.2) is 15.5 Å². The van der Waals surface area contributed by atoms with Crippen molar-refractivity contribution in [1.29, 1.82) is 0 Å². The largest absolute Gasteiger partial charge is 0.383 e. The molecule has 29 heavy (non-hydrogen) atoms. The van der Waals surface area contributed by atoms with Crippen LogP contribution in [0.1, 0.15) is 0 Å². The molecule has 0 amide bonds. The number of aromatic nitrogens is 3. The summed E-state index contributed by atoms with van der Waals surface area (Å²) < 4.78 is 37.5. The molecular weight excluding hydrogens is 459 g/mol. The van der Waals surface area contributed by atoms with Crippen molar-refractivity contribution < 1.29 is 12.8 Å². The fourth-order valence-electron chi connectivity index (χ4n) is 3.00. The van der Waals surface area contributed by atoms with Gasteiger partial charge in [0.2, 0.25) is 0 Å². The Labute approximate surface area is 174 Å². The predicted molar refractivity (Wildman–Crippen MR) is 113 cm³/mol. The molecule has 0 unspecified atom stereocenters. The summed E-state index contributed by atoms with van der Waals surface area (Å²) in [7, 11) is -3.30. The van der Waals surface area contributed by atoms with Gasteiger partial charge in [0.25, 0.3) is 0 Å². The average molecular weight is 473 g/mol. The monoisotopic (exact) mass is 472 g/mol. The normalized spacial score (nSPS) is 11.7. The molecule has 0 saturated heterocycles. The number of benzene rings is 2. The minimum Gasteiger partial charge on any atom is -0.383 e. The van der Waals surface area contributed by atoms with E-state index in [-0.39, 0.29) is 16.5 Å². The molecule has 0 spiro atoms. The Bertz CT molecular complexity index is 1360. The molecule has 2 N–H and O–H groups in total. The Morgan fingerprint density at radius 3 is 2.34 bits per heavy atom. The van der Waals surface area contributed by atoms with Gasteiger partial charge in [0, 0.05) is 11.8 Å². The lowest BCUT2D eigenvalue weighted by molar-refractivity contribution is 0.602. The summed E-state index contributed by atoms with van der Waals surface area (Å²) in [5.74, 6) is -0.121. The molecule has 6 nitrogen and oxygen atoms in total. The number of halogens is 2. The Morgan fingerprint density at radius 2 is 1.69 bits per heavy atom. The zero-order chi connectivity index (χ0) is 20.8. The number of nitrogens with two attached hydrogens (primary N) is 1. The molecule has 4 rings (SSSR count). The predicted octanol–water partition coefficient (Wildman–Crippen LogP) is 4.25. The molecule has 4 aromatic rings. The van der Waals surface area contributed by atoms with Gasteiger partial charge < -0.3 is 5.73 Å². The Morgan fingerprint density at radius 1 is 1.00 bits per heavy atom. The zero-order valence-electron chi connectivity index (χ0n) is 15.1. The molecule has 0 aliphatic heterocycles. The van der Waals surface area contributed by atoms with Gasteiger partial charge in [-0.2, -0.15) is 0 Å². The summed E-state index contributed by atoms with van der Waals surface area (Å²) in [6.45, 7) is 0. The van der Waals surface area contributed by atoms with Crippen LogP contribution in [0.4, 0.5) is 10.2 Å². The highest BCUT2D eigenvalue weighted by Gasteiger charge is 2.15. The van der Waals surface area contributed by atoms with Crippen LogP contribution in [0.25, 0.3) is 33.4 Å². The number of nitrogens with zero attached hydrogens (tertiary/aromatic N) is 3. The van der Waals surface area contributed by atoms with E-state index in [1.807, 2.05) is 0 Å². The summed E-state index contributed by atoms with van der Waals surface area (Å²) in [4.78, 5) is 13.1. The molecule has 146 valence electrons. The minimum atomic E-state index is -3.30. The number of sulfone groups is 1. The van der Waals surface area contributed by atoms with Gasteiger partial charge in [0.1, 0.15) is 18.0 Å². The third-order valence-corrected chi connectivity index (χ3v) is 6.18. The van der Waals surface area contributed by atoms with E-state index >= 15 is 0 Å². The highest BCUT2D eigenvalue weighted by atomic mass is 79.9. The third kappa shape index (κ3) is 3.70. The average Bonchev–Trinajstić information content (AvgIpc) is 2.69. The molecule has 2 aromatic carbocycles. The number of pyridine rings is 1. The van der Waals surface area contributed by atoms with Crippen molar-refractivity contribution in [1.82, 2.24) is 15.0 Å². The van der Waals surface area contributed by atoms with E-state index in [9.17, 15) is 12.8 Å². The van der Waals surface area contributed by atoms with Gasteiger partial charge in [0.05, 0.1) is 20.4 Å². The lowest BCUT2D eigenvalue weighted by Gasteiger charge is -2.12. The molecule has 0 radical (unpaired) electrons. The SMILES string of the molecule is CS(=O)(=O)c1ccc(-c2cc(-c3ccc(F)c(Br)c3)c3c(N)ncnc3n2)cc1. The van der Waals surface area contributed by atoms with Crippen molar-refractivity contribution in [2.24, 2.45) is 0 Å². The van der Waals surface area contributed by atoms with E-state index in [1.54, 1.807) is 30.3 Å². The molecular formula is C20H14BrFN4O2S. The van der Waals surface area contributed by atoms with Crippen LogP contribution >= 0.6 is 15.9 Å². The van der Waals surface area contributed by atoms with E-state index < -0.39 is 9.84 Å². The maximum Gasteiger partial charge on any atom is 0.175 e. The van der Waals surface area contributed by atoms with Crippen LogP contribution in [0.5, 0.6) is 0 Å². The second-order valence-electron chi connectivity index (χ2n) is 6.44. The summed E-state index contributed by atoms with van der Waals surface area (Å²) in [5, 5.41) is 0.558. The number of hydrogen-bond acceptors (Lipinski definition) is 6. The first-order valence-electron chi connectivity index (χ1n) is 8.41. The van der Waals surface area contributed by atoms with Crippen LogP contribution in [-0.4, -0.2) is 29.6 Å². The van der Waals surface area contributed by atoms with Gasteiger partial charge in [-0.25, -0.2) is 27.8 Å². The maximum absolute atomic E-state index is 13.7. The van der Waals surface area contributed by atoms with E-state index in [4.69, 9.17) is 5.73 Å². The van der Waals surface area contributed by atoms with E-state index in [0.29, 0.717) is 37.9 Å². The van der Waals surface area contributed by atoms with Gasteiger partial charge >= 0.3 is 0 Å². The molecule has 0 fully saturated rings. The Hall–Kier alpha value is -2.91. The number of anilines is 1. The van der Waals surface area contributed by atoms with Crippen LogP contribution in [-0.2, 0) is 9.84 Å². The molecule has 0 bridgehead atoms. The van der Waals surface area contributed by atoms with Crippen LogP contribution in [0.15, 0.2) is 64.2 Å². The van der Waals surface area contributed by atoms with Crippen molar-refractivity contribution in [3.05, 3.63) is 65.1 Å². The molecule has 0 aliphatic rings. The first-order chi connectivity index (χ1) is 13.7. The zero-order valence-corrected chi connectivity index (χ0v) is 17.5. The van der Waals surface area contributed by atoms with Crippen molar-refractivity contribution in [3.8, 4) is 22.4 Å². The molecule has 0 aliphatic carbocycles. The van der Waals surface area contributed by atoms with E-state index in [2.05, 4.69) is 30.9 Å². The van der Waals surface area contributed by atoms with Crippen molar-refractivity contribution in [2.75, 3.05) is 12.0 Å². The first kappa shape index (κ1) is 19.4. The van der Waals surface area contributed by atoms with Crippen LogP contribution in [0.2, 0.25) is 0 Å². The van der Waals surface area contributed by atoms with Crippen molar-refractivity contribution in [3.63, 3.8) is 0 Å². The Kier molecular flexibility index (Phi) is 4.79. The fourth-order valence-corrected chi connectivity index (χ4v) is 4.01. The number of rotatable bonds is 3. The summed E-state index contributed by atoms with van der Waals surface area (Å²) in [5.41, 5.74) is 9.14. The molecule has 0 atom stereocenters. The topological polar surface area (TPSA) is 98.8 Å². The number of nitrogen functional groups attached to an aromatic ring is 1. The molecule has 2 aromatic heterocycles. The number of hydrogen-bond donors (Lipinski definition) is 1. The number of fused-ring (bicyclic) bond motifs is 1. The van der Waals surface area contributed by atoms with Crippen molar-refractivity contribution >= 4 is 42.6 Å². The van der Waals surface area contributed by atoms with Crippen molar-refractivity contribution in [2.45, 2.75) is 4.90 Å². The minimum absolute atomic E-state index is 0.219. The van der Waals surface area contributed by atoms with E-state index in [0.717, 1.165) is 6.26 Å².